The standard InChI is InChI=1S/C19H13F4N5O3S/c1-27-16(30)15-12(25-18(27)31)4-5-28(15)7-14(29)26-17-24-13(8-32-17)9-2-3-10(11(20)6-9)19(21,22)23/h2-6,8H,7H2,1H3,(H,25,31)(H,24,26,29). The molecule has 3 heterocycles. The van der Waals surface area contributed by atoms with Crippen molar-refractivity contribution in [3.8, 4) is 11.3 Å². The molecule has 2 N–H and O–H groups in total. The van der Waals surface area contributed by atoms with Gasteiger partial charge < -0.3 is 14.9 Å². The number of benzene rings is 1. The van der Waals surface area contributed by atoms with E-state index in [2.05, 4.69) is 15.3 Å². The van der Waals surface area contributed by atoms with Crippen LogP contribution in [0.2, 0.25) is 0 Å². The van der Waals surface area contributed by atoms with E-state index in [1.165, 1.54) is 29.3 Å². The summed E-state index contributed by atoms with van der Waals surface area (Å²) in [5.41, 5.74) is -1.79. The molecule has 32 heavy (non-hydrogen) atoms. The molecule has 8 nitrogen and oxygen atoms in total. The number of nitrogens with one attached hydrogen (secondary N) is 2. The number of anilines is 1. The molecule has 4 rings (SSSR count). The molecule has 1 aromatic carbocycles. The van der Waals surface area contributed by atoms with Gasteiger partial charge in [-0.3, -0.25) is 14.2 Å². The number of H-pyrrole nitrogens is 1. The van der Waals surface area contributed by atoms with Crippen molar-refractivity contribution in [2.45, 2.75) is 12.7 Å². The third-order valence-electron chi connectivity index (χ3n) is 4.65. The first kappa shape index (κ1) is 21.5. The first-order valence-corrected chi connectivity index (χ1v) is 9.83. The Balaban J connectivity index is 1.52. The molecule has 0 atom stereocenters. The first-order chi connectivity index (χ1) is 15.0. The summed E-state index contributed by atoms with van der Waals surface area (Å²) in [6.07, 6.45) is -3.33. The maximum absolute atomic E-state index is 13.8. The average molecular weight is 467 g/mol. The van der Waals surface area contributed by atoms with Crippen LogP contribution in [0, 0.1) is 5.82 Å². The summed E-state index contributed by atoms with van der Waals surface area (Å²) in [6.45, 7) is -0.255. The van der Waals surface area contributed by atoms with Gasteiger partial charge >= 0.3 is 11.9 Å². The Morgan fingerprint density at radius 1 is 1.25 bits per heavy atom. The molecule has 3 aromatic heterocycles. The number of nitrogens with zero attached hydrogens (tertiary/aromatic N) is 3. The van der Waals surface area contributed by atoms with Crippen molar-refractivity contribution in [1.29, 1.82) is 0 Å². The summed E-state index contributed by atoms with van der Waals surface area (Å²) in [4.78, 5) is 43.0. The second-order valence-corrected chi connectivity index (χ2v) is 7.64. The van der Waals surface area contributed by atoms with E-state index in [1.807, 2.05) is 0 Å². The van der Waals surface area contributed by atoms with Crippen LogP contribution in [0.4, 0.5) is 22.7 Å². The molecule has 0 radical (unpaired) electrons. The van der Waals surface area contributed by atoms with E-state index in [0.29, 0.717) is 6.07 Å². The van der Waals surface area contributed by atoms with Gasteiger partial charge in [-0.05, 0) is 18.2 Å². The summed E-state index contributed by atoms with van der Waals surface area (Å²) in [6, 6.07) is 3.94. The minimum absolute atomic E-state index is 0.121. The van der Waals surface area contributed by atoms with Gasteiger partial charge in [-0.2, -0.15) is 13.2 Å². The van der Waals surface area contributed by atoms with Crippen molar-refractivity contribution in [1.82, 2.24) is 19.1 Å². The minimum atomic E-state index is -4.81. The third kappa shape index (κ3) is 3.93. The number of aromatic amines is 1. The minimum Gasteiger partial charge on any atom is -0.332 e. The summed E-state index contributed by atoms with van der Waals surface area (Å²) in [5, 5.41) is 4.13. The number of fused-ring (bicyclic) bond motifs is 1. The van der Waals surface area contributed by atoms with Gasteiger partial charge in [-0.25, -0.2) is 14.2 Å². The fraction of sp³-hybridized carbons (Fsp3) is 0.158. The Labute approximate surface area is 179 Å². The molecule has 0 spiro atoms. The van der Waals surface area contributed by atoms with Crippen molar-refractivity contribution in [3.05, 3.63) is 68.1 Å². The van der Waals surface area contributed by atoms with Gasteiger partial charge in [0.15, 0.2) is 5.13 Å². The molecule has 1 amide bonds. The summed E-state index contributed by atoms with van der Waals surface area (Å²) in [5.74, 6) is -1.96. The van der Waals surface area contributed by atoms with Crippen molar-refractivity contribution >= 4 is 33.4 Å². The fourth-order valence-electron chi connectivity index (χ4n) is 3.08. The Morgan fingerprint density at radius 3 is 2.69 bits per heavy atom. The lowest BCUT2D eigenvalue weighted by atomic mass is 10.1. The van der Waals surface area contributed by atoms with Gasteiger partial charge in [0.05, 0.1) is 16.8 Å². The third-order valence-corrected chi connectivity index (χ3v) is 5.41. The Kier molecular flexibility index (Phi) is 5.20. The van der Waals surface area contributed by atoms with Crippen LogP contribution >= 0.6 is 11.3 Å². The topological polar surface area (TPSA) is 102 Å². The molecule has 0 aliphatic heterocycles. The Bertz CT molecular complexity index is 1460. The predicted octanol–water partition coefficient (Wildman–Crippen LogP) is 2.95. The van der Waals surface area contributed by atoms with Gasteiger partial charge in [0.25, 0.3) is 5.56 Å². The van der Waals surface area contributed by atoms with E-state index < -0.39 is 34.7 Å². The highest BCUT2D eigenvalue weighted by Gasteiger charge is 2.34. The highest BCUT2D eigenvalue weighted by atomic mass is 32.1. The summed E-state index contributed by atoms with van der Waals surface area (Å²) < 4.78 is 54.2. The molecule has 0 bridgehead atoms. The van der Waals surface area contributed by atoms with Crippen molar-refractivity contribution < 1.29 is 22.4 Å². The van der Waals surface area contributed by atoms with Crippen LogP contribution in [-0.2, 0) is 24.6 Å². The van der Waals surface area contributed by atoms with E-state index in [0.717, 1.165) is 28.0 Å². The quantitative estimate of drug-likeness (QED) is 0.451. The van der Waals surface area contributed by atoms with Crippen LogP contribution in [0.25, 0.3) is 22.3 Å². The second kappa shape index (κ2) is 7.75. The molecule has 166 valence electrons. The van der Waals surface area contributed by atoms with Crippen molar-refractivity contribution in [2.24, 2.45) is 7.05 Å². The van der Waals surface area contributed by atoms with Crippen LogP contribution in [0.1, 0.15) is 5.56 Å². The normalized spacial score (nSPS) is 11.8. The largest absolute Gasteiger partial charge is 0.419 e. The van der Waals surface area contributed by atoms with E-state index in [-0.39, 0.29) is 34.0 Å². The zero-order chi connectivity index (χ0) is 23.2. The maximum atomic E-state index is 13.8. The summed E-state index contributed by atoms with van der Waals surface area (Å²) >= 11 is 1.00. The lowest BCUT2D eigenvalue weighted by Gasteiger charge is -2.08. The van der Waals surface area contributed by atoms with Gasteiger partial charge in [0, 0.05) is 24.2 Å². The van der Waals surface area contributed by atoms with E-state index >= 15 is 0 Å². The zero-order valence-corrected chi connectivity index (χ0v) is 17.0. The number of carbonyl (C=O) groups excluding carboxylic acids is 1. The monoisotopic (exact) mass is 467 g/mol. The number of halogens is 4. The van der Waals surface area contributed by atoms with Gasteiger partial charge in [-0.1, -0.05) is 6.07 Å². The molecule has 0 fully saturated rings. The maximum Gasteiger partial charge on any atom is 0.419 e. The van der Waals surface area contributed by atoms with Crippen LogP contribution in [0.15, 0.2) is 45.4 Å². The smallest absolute Gasteiger partial charge is 0.332 e. The Morgan fingerprint density at radius 2 is 2.00 bits per heavy atom. The number of thiazole rings is 1. The number of rotatable bonds is 4. The predicted molar refractivity (Wildman–Crippen MR) is 109 cm³/mol. The SMILES string of the molecule is Cn1c(=O)[nH]c2ccn(CC(=O)Nc3nc(-c4ccc(C(F)(F)F)c(F)c4)cs3)c2c1=O. The van der Waals surface area contributed by atoms with Crippen LogP contribution in [0.5, 0.6) is 0 Å². The van der Waals surface area contributed by atoms with Gasteiger partial charge in [0.2, 0.25) is 5.91 Å². The van der Waals surface area contributed by atoms with Crippen molar-refractivity contribution in [3.63, 3.8) is 0 Å². The fourth-order valence-corrected chi connectivity index (χ4v) is 3.81. The zero-order valence-electron chi connectivity index (χ0n) is 16.2. The molecule has 0 aliphatic carbocycles. The van der Waals surface area contributed by atoms with Crippen LogP contribution in [-0.4, -0.2) is 25.0 Å². The highest BCUT2D eigenvalue weighted by molar-refractivity contribution is 7.14. The molecule has 0 saturated heterocycles. The number of hydrogen-bond donors (Lipinski definition) is 2. The van der Waals surface area contributed by atoms with Crippen molar-refractivity contribution in [2.75, 3.05) is 5.32 Å². The second-order valence-electron chi connectivity index (χ2n) is 6.78. The molecule has 13 heteroatoms. The number of amides is 1. The lowest BCUT2D eigenvalue weighted by molar-refractivity contribution is -0.140. The van der Waals surface area contributed by atoms with Crippen LogP contribution < -0.4 is 16.6 Å². The van der Waals surface area contributed by atoms with Gasteiger partial charge in [-0.15, -0.1) is 11.3 Å². The van der Waals surface area contributed by atoms with Crippen LogP contribution in [0.3, 0.4) is 0 Å². The first-order valence-electron chi connectivity index (χ1n) is 8.95. The van der Waals surface area contributed by atoms with Gasteiger partial charge in [0.1, 0.15) is 17.9 Å². The number of alkyl halides is 3. The van der Waals surface area contributed by atoms with E-state index in [1.54, 1.807) is 0 Å². The highest BCUT2D eigenvalue weighted by Crippen LogP contribution is 2.34. The number of aromatic nitrogens is 4. The molecular weight excluding hydrogens is 454 g/mol. The van der Waals surface area contributed by atoms with E-state index in [9.17, 15) is 31.9 Å². The molecule has 0 unspecified atom stereocenters. The molecule has 0 saturated carbocycles. The summed E-state index contributed by atoms with van der Waals surface area (Å²) in [7, 11) is 1.30. The Hall–Kier alpha value is -3.74. The molecule has 4 aromatic rings. The molecule has 0 aliphatic rings. The average Bonchev–Trinajstić information content (AvgIpc) is 3.32. The number of hydrogen-bond acceptors (Lipinski definition) is 5. The number of carbonyl (C=O) groups is 1. The van der Waals surface area contributed by atoms with E-state index in [4.69, 9.17) is 0 Å². The molecular formula is C19H13F4N5O3S. The lowest BCUT2D eigenvalue weighted by Crippen LogP contribution is -2.33.